The Morgan fingerprint density at radius 3 is 2.55 bits per heavy atom. The Kier molecular flexibility index (Phi) is 14.5. The molecule has 1 unspecified atom stereocenters. The number of methoxy groups -OCH3 is 1. The third kappa shape index (κ3) is 10.6. The Balaban J connectivity index is 0.00000441. The summed E-state index contributed by atoms with van der Waals surface area (Å²) in [6.45, 7) is 7.67. The summed E-state index contributed by atoms with van der Waals surface area (Å²) in [6.07, 6.45) is 8.01. The molecule has 0 aliphatic carbocycles. The topological polar surface area (TPSA) is 48.9 Å². The van der Waals surface area contributed by atoms with E-state index < -0.39 is 0 Å². The zero-order chi connectivity index (χ0) is 15.3. The number of piperidine rings is 1. The van der Waals surface area contributed by atoms with Crippen LogP contribution in [-0.2, 0) is 4.74 Å². The van der Waals surface area contributed by atoms with Gasteiger partial charge < -0.3 is 20.3 Å². The van der Waals surface area contributed by atoms with Gasteiger partial charge in [-0.15, -0.1) is 24.0 Å². The number of halogens is 1. The normalized spacial score (nSPS) is 17.7. The minimum atomic E-state index is 0. The Morgan fingerprint density at radius 1 is 1.18 bits per heavy atom. The van der Waals surface area contributed by atoms with E-state index in [2.05, 4.69) is 27.4 Å². The maximum Gasteiger partial charge on any atom is 0.191 e. The van der Waals surface area contributed by atoms with Gasteiger partial charge in [-0.1, -0.05) is 12.8 Å². The van der Waals surface area contributed by atoms with Crippen molar-refractivity contribution in [1.82, 2.24) is 15.5 Å². The van der Waals surface area contributed by atoms with E-state index in [0.29, 0.717) is 6.61 Å². The van der Waals surface area contributed by atoms with Gasteiger partial charge in [-0.2, -0.15) is 0 Å². The monoisotopic (exact) mass is 426 g/mol. The fourth-order valence-corrected chi connectivity index (χ4v) is 2.75. The molecule has 132 valence electrons. The average molecular weight is 426 g/mol. The SMILES string of the molecule is CN=C(NCCCCCN1CCCCC1)NC(C)COC.I. The van der Waals surface area contributed by atoms with Gasteiger partial charge in [-0.3, -0.25) is 4.99 Å². The van der Waals surface area contributed by atoms with Crippen molar-refractivity contribution in [3.8, 4) is 0 Å². The van der Waals surface area contributed by atoms with Gasteiger partial charge in [0.1, 0.15) is 0 Å². The van der Waals surface area contributed by atoms with E-state index >= 15 is 0 Å². The molecule has 0 spiro atoms. The van der Waals surface area contributed by atoms with Crippen molar-refractivity contribution in [2.24, 2.45) is 4.99 Å². The number of ether oxygens (including phenoxy) is 1. The highest BCUT2D eigenvalue weighted by Gasteiger charge is 2.08. The van der Waals surface area contributed by atoms with Gasteiger partial charge in [-0.05, 0) is 52.2 Å². The molecule has 1 rings (SSSR count). The van der Waals surface area contributed by atoms with Crippen molar-refractivity contribution in [3.63, 3.8) is 0 Å². The first-order valence-electron chi connectivity index (χ1n) is 8.44. The van der Waals surface area contributed by atoms with Crippen molar-refractivity contribution in [2.75, 3.05) is 46.9 Å². The fraction of sp³-hybridized carbons (Fsp3) is 0.938. The molecule has 0 radical (unpaired) electrons. The maximum absolute atomic E-state index is 5.11. The highest BCUT2D eigenvalue weighted by atomic mass is 127. The molecular formula is C16H35IN4O. The molecule has 0 aromatic carbocycles. The lowest BCUT2D eigenvalue weighted by Gasteiger charge is -2.26. The minimum absolute atomic E-state index is 0. The third-order valence-corrected chi connectivity index (χ3v) is 3.92. The Bertz CT molecular complexity index is 283. The van der Waals surface area contributed by atoms with Crippen molar-refractivity contribution < 1.29 is 4.74 Å². The third-order valence-electron chi connectivity index (χ3n) is 3.92. The van der Waals surface area contributed by atoms with Crippen LogP contribution in [0, 0.1) is 0 Å². The molecule has 0 aromatic heterocycles. The van der Waals surface area contributed by atoms with E-state index in [-0.39, 0.29) is 30.0 Å². The summed E-state index contributed by atoms with van der Waals surface area (Å²) in [6, 6.07) is 0.278. The van der Waals surface area contributed by atoms with Crippen molar-refractivity contribution >= 4 is 29.9 Å². The van der Waals surface area contributed by atoms with E-state index in [1.54, 1.807) is 7.11 Å². The molecule has 2 N–H and O–H groups in total. The number of rotatable bonds is 9. The second-order valence-electron chi connectivity index (χ2n) is 5.96. The molecule has 0 bridgehead atoms. The first-order chi connectivity index (χ1) is 10.3. The lowest BCUT2D eigenvalue weighted by molar-refractivity contribution is 0.179. The zero-order valence-electron chi connectivity index (χ0n) is 14.6. The second-order valence-corrected chi connectivity index (χ2v) is 5.96. The predicted molar refractivity (Wildman–Crippen MR) is 105 cm³/mol. The molecule has 22 heavy (non-hydrogen) atoms. The van der Waals surface area contributed by atoms with E-state index in [4.69, 9.17) is 4.74 Å². The highest BCUT2D eigenvalue weighted by Crippen LogP contribution is 2.09. The van der Waals surface area contributed by atoms with Gasteiger partial charge >= 0.3 is 0 Å². The van der Waals surface area contributed by atoms with Crippen LogP contribution < -0.4 is 10.6 Å². The van der Waals surface area contributed by atoms with Gasteiger partial charge in [0, 0.05) is 26.7 Å². The Morgan fingerprint density at radius 2 is 1.91 bits per heavy atom. The molecule has 0 saturated carbocycles. The average Bonchev–Trinajstić information content (AvgIpc) is 2.50. The van der Waals surface area contributed by atoms with E-state index in [9.17, 15) is 0 Å². The Hall–Kier alpha value is -0.0800. The van der Waals surface area contributed by atoms with Crippen molar-refractivity contribution in [2.45, 2.75) is 51.5 Å². The molecule has 1 heterocycles. The molecule has 1 fully saturated rings. The van der Waals surface area contributed by atoms with Crippen LogP contribution in [0.15, 0.2) is 4.99 Å². The first-order valence-corrected chi connectivity index (χ1v) is 8.44. The van der Waals surface area contributed by atoms with E-state index in [1.807, 2.05) is 7.05 Å². The summed E-state index contributed by atoms with van der Waals surface area (Å²) in [5.74, 6) is 0.871. The Labute approximate surface area is 153 Å². The molecule has 6 heteroatoms. The number of likely N-dealkylation sites (tertiary alicyclic amines) is 1. The zero-order valence-corrected chi connectivity index (χ0v) is 16.9. The standard InChI is InChI=1S/C16H34N4O.HI/c1-15(14-21-3)19-16(17-2)18-10-6-4-7-11-20-12-8-5-9-13-20;/h15H,4-14H2,1-3H3,(H2,17,18,19);1H. The number of nitrogens with one attached hydrogen (secondary N) is 2. The van der Waals surface area contributed by atoms with E-state index in [1.165, 1.54) is 58.2 Å². The smallest absolute Gasteiger partial charge is 0.191 e. The lowest BCUT2D eigenvalue weighted by Crippen LogP contribution is -2.44. The molecule has 0 amide bonds. The summed E-state index contributed by atoms with van der Waals surface area (Å²) in [5, 5.41) is 6.68. The number of aliphatic imine (C=N–C) groups is 1. The summed E-state index contributed by atoms with van der Waals surface area (Å²) in [4.78, 5) is 6.85. The molecule has 1 saturated heterocycles. The van der Waals surface area contributed by atoms with Crippen LogP contribution in [0.1, 0.15) is 45.4 Å². The summed E-state index contributed by atoms with van der Waals surface area (Å²) in [7, 11) is 3.53. The van der Waals surface area contributed by atoms with Gasteiger partial charge in [0.2, 0.25) is 0 Å². The fourth-order valence-electron chi connectivity index (χ4n) is 2.75. The summed E-state index contributed by atoms with van der Waals surface area (Å²) >= 11 is 0. The summed E-state index contributed by atoms with van der Waals surface area (Å²) < 4.78 is 5.11. The lowest BCUT2D eigenvalue weighted by atomic mass is 10.1. The minimum Gasteiger partial charge on any atom is -0.383 e. The van der Waals surface area contributed by atoms with Gasteiger partial charge in [0.25, 0.3) is 0 Å². The number of hydrogen-bond acceptors (Lipinski definition) is 3. The van der Waals surface area contributed by atoms with Crippen LogP contribution in [0.2, 0.25) is 0 Å². The van der Waals surface area contributed by atoms with Gasteiger partial charge in [0.15, 0.2) is 5.96 Å². The number of nitrogens with zero attached hydrogens (tertiary/aromatic N) is 2. The quantitative estimate of drug-likeness (QED) is 0.258. The largest absolute Gasteiger partial charge is 0.383 e. The van der Waals surface area contributed by atoms with Gasteiger partial charge in [0.05, 0.1) is 6.61 Å². The van der Waals surface area contributed by atoms with Crippen LogP contribution in [-0.4, -0.2) is 63.8 Å². The molecular weight excluding hydrogens is 391 g/mol. The first kappa shape index (κ1) is 21.9. The number of unbranched alkanes of at least 4 members (excludes halogenated alkanes) is 2. The maximum atomic E-state index is 5.11. The van der Waals surface area contributed by atoms with Crippen LogP contribution in [0.4, 0.5) is 0 Å². The molecule has 5 nitrogen and oxygen atoms in total. The molecule has 0 aromatic rings. The molecule has 1 atom stereocenters. The second kappa shape index (κ2) is 14.5. The predicted octanol–water partition coefficient (Wildman–Crippen LogP) is 2.46. The van der Waals surface area contributed by atoms with E-state index in [0.717, 1.165) is 12.5 Å². The van der Waals surface area contributed by atoms with Crippen LogP contribution >= 0.6 is 24.0 Å². The summed E-state index contributed by atoms with van der Waals surface area (Å²) in [5.41, 5.74) is 0. The van der Waals surface area contributed by atoms with Crippen molar-refractivity contribution in [1.29, 1.82) is 0 Å². The van der Waals surface area contributed by atoms with Crippen molar-refractivity contribution in [3.05, 3.63) is 0 Å². The number of guanidine groups is 1. The van der Waals surface area contributed by atoms with Gasteiger partial charge in [-0.25, -0.2) is 0 Å². The van der Waals surface area contributed by atoms with Crippen LogP contribution in [0.5, 0.6) is 0 Å². The molecule has 1 aliphatic rings. The number of hydrogen-bond donors (Lipinski definition) is 2. The highest BCUT2D eigenvalue weighted by molar-refractivity contribution is 14.0. The van der Waals surface area contributed by atoms with Crippen LogP contribution in [0.3, 0.4) is 0 Å². The van der Waals surface area contributed by atoms with Crippen LogP contribution in [0.25, 0.3) is 0 Å². The molecule has 1 aliphatic heterocycles.